The Morgan fingerprint density at radius 3 is 2.36 bits per heavy atom. The fourth-order valence-electron chi connectivity index (χ4n) is 3.96. The predicted molar refractivity (Wildman–Crippen MR) is 148 cm³/mol. The monoisotopic (exact) mass is 526 g/mol. The van der Waals surface area contributed by atoms with Crippen molar-refractivity contribution in [2.45, 2.75) is 50.7 Å². The van der Waals surface area contributed by atoms with Gasteiger partial charge in [0.25, 0.3) is 0 Å². The van der Waals surface area contributed by atoms with Crippen LogP contribution in [0, 0.1) is 0 Å². The van der Waals surface area contributed by atoms with Crippen molar-refractivity contribution in [1.82, 2.24) is 9.80 Å². The van der Waals surface area contributed by atoms with E-state index in [9.17, 15) is 14.4 Å². The number of nitrogens with two attached hydrogens (primary N) is 2. The summed E-state index contributed by atoms with van der Waals surface area (Å²) in [6.07, 6.45) is 4.35. The van der Waals surface area contributed by atoms with E-state index < -0.39 is 23.5 Å². The Bertz CT molecular complexity index is 1230. The van der Waals surface area contributed by atoms with E-state index in [0.717, 1.165) is 20.5 Å². The maximum absolute atomic E-state index is 13.8. The normalized spacial score (nSPS) is 13.6. The number of likely N-dealkylation sites (N-methyl/N-ethyl adjacent to an activating group) is 2. The van der Waals surface area contributed by atoms with Gasteiger partial charge in [-0.25, -0.2) is 0 Å². The minimum absolute atomic E-state index is 0.306. The molecule has 0 fully saturated rings. The Hall–Kier alpha value is -3.01. The molecule has 0 radical (unpaired) electrons. The van der Waals surface area contributed by atoms with Crippen LogP contribution in [0.1, 0.15) is 30.7 Å². The van der Waals surface area contributed by atoms with Crippen molar-refractivity contribution in [3.8, 4) is 0 Å². The Morgan fingerprint density at radius 2 is 1.72 bits per heavy atom. The first kappa shape index (κ1) is 27.6. The molecule has 9 heteroatoms. The fraction of sp³-hybridized carbons (Fsp3) is 0.370. The number of primary amides is 1. The van der Waals surface area contributed by atoms with Crippen LogP contribution < -0.4 is 11.5 Å². The fourth-order valence-corrected chi connectivity index (χ4v) is 5.68. The largest absolute Gasteiger partial charge is 0.368 e. The summed E-state index contributed by atoms with van der Waals surface area (Å²) < 4.78 is 1.11. The molecule has 36 heavy (non-hydrogen) atoms. The Kier molecular flexibility index (Phi) is 9.05. The van der Waals surface area contributed by atoms with Crippen LogP contribution in [-0.4, -0.2) is 59.2 Å². The van der Waals surface area contributed by atoms with Gasteiger partial charge in [-0.2, -0.15) is 0 Å². The highest BCUT2D eigenvalue weighted by molar-refractivity contribution is 7.17. The van der Waals surface area contributed by atoms with Gasteiger partial charge in [0.2, 0.25) is 17.7 Å². The van der Waals surface area contributed by atoms with E-state index in [2.05, 4.69) is 0 Å². The molecule has 1 aromatic carbocycles. The third-order valence-corrected chi connectivity index (χ3v) is 8.01. The summed E-state index contributed by atoms with van der Waals surface area (Å²) in [5.74, 6) is -1.23. The number of fused-ring (bicyclic) bond motifs is 1. The first-order valence-electron chi connectivity index (χ1n) is 11.7. The second-order valence-corrected chi connectivity index (χ2v) is 11.6. The molecule has 0 aliphatic carbocycles. The zero-order valence-corrected chi connectivity index (χ0v) is 22.8. The number of carbonyl (C=O) groups is 3. The van der Waals surface area contributed by atoms with E-state index in [-0.39, 0.29) is 11.8 Å². The quantitative estimate of drug-likeness (QED) is 0.372. The molecule has 4 N–H and O–H groups in total. The smallest absolute Gasteiger partial charge is 0.246 e. The SMILES string of the molecule is CN(C(=O)/C=C/CC(C)(C)N)[C@H](Cc1csc2ccccc12)C(=O)N(C)[C@H](Cc1cccs1)C(N)=O. The molecule has 0 aliphatic rings. The summed E-state index contributed by atoms with van der Waals surface area (Å²) >= 11 is 3.10. The van der Waals surface area contributed by atoms with E-state index in [0.29, 0.717) is 19.3 Å². The minimum Gasteiger partial charge on any atom is -0.368 e. The molecular weight excluding hydrogens is 492 g/mol. The maximum Gasteiger partial charge on any atom is 0.246 e. The number of rotatable bonds is 11. The molecule has 3 aromatic rings. The first-order chi connectivity index (χ1) is 17.0. The molecule has 0 spiro atoms. The summed E-state index contributed by atoms with van der Waals surface area (Å²) in [5.41, 5.74) is 12.3. The van der Waals surface area contributed by atoms with Crippen LogP contribution in [0.15, 0.2) is 59.3 Å². The summed E-state index contributed by atoms with van der Waals surface area (Å²) in [6, 6.07) is 10.1. The molecule has 192 valence electrons. The zero-order valence-electron chi connectivity index (χ0n) is 21.1. The van der Waals surface area contributed by atoms with Crippen molar-refractivity contribution in [3.05, 3.63) is 69.8 Å². The second-order valence-electron chi connectivity index (χ2n) is 9.67. The summed E-state index contributed by atoms with van der Waals surface area (Å²) in [4.78, 5) is 43.1. The number of hydrogen-bond donors (Lipinski definition) is 2. The van der Waals surface area contributed by atoms with Gasteiger partial charge in [0, 0.05) is 42.1 Å². The molecule has 0 bridgehead atoms. The molecule has 7 nitrogen and oxygen atoms in total. The minimum atomic E-state index is -0.824. The lowest BCUT2D eigenvalue weighted by Crippen LogP contribution is -2.55. The van der Waals surface area contributed by atoms with E-state index >= 15 is 0 Å². The maximum atomic E-state index is 13.8. The molecule has 2 heterocycles. The van der Waals surface area contributed by atoms with Crippen LogP contribution in [0.4, 0.5) is 0 Å². The van der Waals surface area contributed by atoms with E-state index in [4.69, 9.17) is 11.5 Å². The number of benzene rings is 1. The highest BCUT2D eigenvalue weighted by atomic mass is 32.1. The zero-order chi connectivity index (χ0) is 26.5. The van der Waals surface area contributed by atoms with Gasteiger partial charge in [-0.1, -0.05) is 30.3 Å². The van der Waals surface area contributed by atoms with E-state index in [1.165, 1.54) is 27.2 Å². The first-order valence-corrected chi connectivity index (χ1v) is 13.5. The molecule has 0 unspecified atom stereocenters. The van der Waals surface area contributed by atoms with Crippen LogP contribution in [0.5, 0.6) is 0 Å². The van der Waals surface area contributed by atoms with Crippen molar-refractivity contribution in [1.29, 1.82) is 0 Å². The molecule has 0 saturated heterocycles. The van der Waals surface area contributed by atoms with Crippen molar-refractivity contribution in [2.75, 3.05) is 14.1 Å². The van der Waals surface area contributed by atoms with Gasteiger partial charge in [0.1, 0.15) is 12.1 Å². The Morgan fingerprint density at radius 1 is 1.00 bits per heavy atom. The highest BCUT2D eigenvalue weighted by Crippen LogP contribution is 2.28. The molecule has 0 aliphatic heterocycles. The van der Waals surface area contributed by atoms with Crippen LogP contribution in [0.2, 0.25) is 0 Å². The number of carbonyl (C=O) groups excluding carboxylic acids is 3. The molecule has 3 amide bonds. The van der Waals surface area contributed by atoms with E-state index in [1.54, 1.807) is 31.5 Å². The second kappa shape index (κ2) is 11.8. The van der Waals surface area contributed by atoms with Gasteiger partial charge < -0.3 is 21.3 Å². The molecule has 2 atom stereocenters. The third kappa shape index (κ3) is 7.02. The summed E-state index contributed by atoms with van der Waals surface area (Å²) in [6.45, 7) is 3.76. The lowest BCUT2D eigenvalue weighted by molar-refractivity contribution is -0.145. The van der Waals surface area contributed by atoms with Gasteiger partial charge in [0.15, 0.2) is 0 Å². The topological polar surface area (TPSA) is 110 Å². The summed E-state index contributed by atoms with van der Waals surface area (Å²) in [5, 5.41) is 4.99. The van der Waals surface area contributed by atoms with Gasteiger partial charge in [-0.3, -0.25) is 14.4 Å². The Labute approximate surface area is 220 Å². The third-order valence-electron chi connectivity index (χ3n) is 6.10. The van der Waals surface area contributed by atoms with Crippen molar-refractivity contribution in [2.24, 2.45) is 11.5 Å². The van der Waals surface area contributed by atoms with Gasteiger partial charge in [0.05, 0.1) is 0 Å². The van der Waals surface area contributed by atoms with Crippen LogP contribution in [-0.2, 0) is 27.2 Å². The van der Waals surface area contributed by atoms with Gasteiger partial charge in [-0.15, -0.1) is 22.7 Å². The lowest BCUT2D eigenvalue weighted by Gasteiger charge is -2.33. The number of amides is 3. The average molecular weight is 527 g/mol. The van der Waals surface area contributed by atoms with Gasteiger partial charge >= 0.3 is 0 Å². The van der Waals surface area contributed by atoms with Crippen molar-refractivity contribution in [3.63, 3.8) is 0 Å². The van der Waals surface area contributed by atoms with E-state index in [1.807, 2.05) is 61.0 Å². The molecule has 0 saturated carbocycles. The molecule has 3 rings (SSSR count). The lowest BCUT2D eigenvalue weighted by atomic mass is 10.0. The van der Waals surface area contributed by atoms with Crippen LogP contribution >= 0.6 is 22.7 Å². The van der Waals surface area contributed by atoms with Crippen molar-refractivity contribution >= 4 is 50.5 Å². The standard InChI is InChI=1S/C27H34N4O3S2/c1-27(2,29)13-7-12-24(32)30(3)22(15-18-17-36-23-11-6-5-10-20(18)23)26(34)31(4)21(25(28)33)16-19-9-8-14-35-19/h5-12,14,17,21-22H,13,15-16,29H2,1-4H3,(H2,28,33)/b12-7+/t21-,22-/m1/s1. The Balaban J connectivity index is 1.90. The molecular formula is C27H34N4O3S2. The number of hydrogen-bond acceptors (Lipinski definition) is 6. The van der Waals surface area contributed by atoms with Crippen LogP contribution in [0.25, 0.3) is 10.1 Å². The highest BCUT2D eigenvalue weighted by Gasteiger charge is 2.34. The van der Waals surface area contributed by atoms with Gasteiger partial charge in [-0.05, 0) is 60.2 Å². The average Bonchev–Trinajstić information content (AvgIpc) is 3.48. The van der Waals surface area contributed by atoms with Crippen molar-refractivity contribution < 1.29 is 14.4 Å². The predicted octanol–water partition coefficient (Wildman–Crippen LogP) is 3.57. The number of thiophene rings is 2. The van der Waals surface area contributed by atoms with Crippen LogP contribution in [0.3, 0.4) is 0 Å². The summed E-state index contributed by atoms with van der Waals surface area (Å²) in [7, 11) is 3.19. The number of nitrogens with zero attached hydrogens (tertiary/aromatic N) is 2. The molecule has 2 aromatic heterocycles.